The van der Waals surface area contributed by atoms with Crippen molar-refractivity contribution in [3.63, 3.8) is 0 Å². The van der Waals surface area contributed by atoms with E-state index in [2.05, 4.69) is 22.5 Å². The molecule has 0 fully saturated rings. The lowest BCUT2D eigenvalue weighted by atomic mass is 10.2. The molecular formula is C12H26IN3O2. The monoisotopic (exact) mass is 371 g/mol. The summed E-state index contributed by atoms with van der Waals surface area (Å²) in [5.74, 6) is 0.339. The van der Waals surface area contributed by atoms with Gasteiger partial charge < -0.3 is 15.4 Å². The van der Waals surface area contributed by atoms with Crippen LogP contribution in [0.3, 0.4) is 0 Å². The molecule has 5 nitrogen and oxygen atoms in total. The molecule has 0 unspecified atom stereocenters. The summed E-state index contributed by atoms with van der Waals surface area (Å²) in [6.45, 7) is 11.2. The third kappa shape index (κ3) is 11.9. The van der Waals surface area contributed by atoms with E-state index in [-0.39, 0.29) is 36.5 Å². The third-order valence-corrected chi connectivity index (χ3v) is 1.67. The number of carbonyl (C=O) groups is 1. The van der Waals surface area contributed by atoms with Crippen molar-refractivity contribution in [2.75, 3.05) is 19.6 Å². The Balaban J connectivity index is 0. The number of rotatable bonds is 5. The van der Waals surface area contributed by atoms with Crippen molar-refractivity contribution >= 4 is 35.9 Å². The fourth-order valence-electron chi connectivity index (χ4n) is 1.10. The molecule has 0 aliphatic heterocycles. The number of halogens is 1. The molecule has 0 saturated carbocycles. The molecular weight excluding hydrogens is 345 g/mol. The average molecular weight is 371 g/mol. The van der Waals surface area contributed by atoms with Crippen molar-refractivity contribution in [3.05, 3.63) is 0 Å². The summed E-state index contributed by atoms with van der Waals surface area (Å²) in [5.41, 5.74) is -0.457. The fraction of sp³-hybridized carbons (Fsp3) is 0.833. The Morgan fingerprint density at radius 1 is 1.22 bits per heavy atom. The second-order valence-corrected chi connectivity index (χ2v) is 4.71. The van der Waals surface area contributed by atoms with E-state index < -0.39 is 5.60 Å². The van der Waals surface area contributed by atoms with Gasteiger partial charge in [-0.15, -0.1) is 24.0 Å². The van der Waals surface area contributed by atoms with Crippen LogP contribution in [0.1, 0.15) is 41.0 Å². The van der Waals surface area contributed by atoms with Crippen LogP contribution in [-0.4, -0.2) is 37.2 Å². The first kappa shape index (κ1) is 19.8. The fourth-order valence-corrected chi connectivity index (χ4v) is 1.10. The summed E-state index contributed by atoms with van der Waals surface area (Å²) in [5, 5.41) is 6.19. The molecule has 0 bridgehead atoms. The standard InChI is InChI=1S/C12H25N3O2.HI/c1-6-8-14-11(13-7-2)15-9-10(16)17-12(3,4)5;/h6-9H2,1-5H3,(H2,13,14,15);1H. The molecule has 0 spiro atoms. The quantitative estimate of drug-likeness (QED) is 0.336. The van der Waals surface area contributed by atoms with Crippen molar-refractivity contribution < 1.29 is 9.53 Å². The van der Waals surface area contributed by atoms with E-state index in [4.69, 9.17) is 4.74 Å². The number of carbonyl (C=O) groups excluding carboxylic acids is 1. The number of guanidine groups is 1. The van der Waals surface area contributed by atoms with Crippen LogP contribution in [0.2, 0.25) is 0 Å². The molecule has 0 aliphatic carbocycles. The van der Waals surface area contributed by atoms with Gasteiger partial charge in [-0.25, -0.2) is 4.99 Å². The van der Waals surface area contributed by atoms with Crippen LogP contribution in [0.25, 0.3) is 0 Å². The number of esters is 1. The van der Waals surface area contributed by atoms with Gasteiger partial charge in [0.05, 0.1) is 0 Å². The van der Waals surface area contributed by atoms with Gasteiger partial charge >= 0.3 is 5.97 Å². The molecule has 0 aromatic heterocycles. The number of aliphatic imine (C=N–C) groups is 1. The summed E-state index contributed by atoms with van der Waals surface area (Å²) in [6, 6.07) is 0. The van der Waals surface area contributed by atoms with Crippen LogP contribution < -0.4 is 10.6 Å². The Labute approximate surface area is 127 Å². The lowest BCUT2D eigenvalue weighted by molar-refractivity contribution is -0.152. The maximum absolute atomic E-state index is 11.5. The average Bonchev–Trinajstić information content (AvgIpc) is 2.19. The molecule has 0 atom stereocenters. The molecule has 0 heterocycles. The summed E-state index contributed by atoms with van der Waals surface area (Å²) >= 11 is 0. The molecule has 0 rings (SSSR count). The van der Waals surface area contributed by atoms with Gasteiger partial charge in [-0.1, -0.05) is 6.92 Å². The molecule has 0 aromatic carbocycles. The number of hydrogen-bond donors (Lipinski definition) is 2. The Hall–Kier alpha value is -0.530. The highest BCUT2D eigenvalue weighted by Crippen LogP contribution is 2.06. The Kier molecular flexibility index (Phi) is 11.4. The van der Waals surface area contributed by atoms with E-state index in [1.165, 1.54) is 0 Å². The SMILES string of the molecule is CCCNC(=NCC(=O)OC(C)(C)C)NCC.I. The number of ether oxygens (including phenoxy) is 1. The van der Waals surface area contributed by atoms with E-state index >= 15 is 0 Å². The lowest BCUT2D eigenvalue weighted by Gasteiger charge is -2.19. The zero-order chi connectivity index (χ0) is 13.3. The first-order valence-corrected chi connectivity index (χ1v) is 6.13. The highest BCUT2D eigenvalue weighted by molar-refractivity contribution is 14.0. The largest absolute Gasteiger partial charge is 0.459 e. The number of nitrogens with one attached hydrogen (secondary N) is 2. The second kappa shape index (κ2) is 10.4. The van der Waals surface area contributed by atoms with Crippen LogP contribution in [-0.2, 0) is 9.53 Å². The van der Waals surface area contributed by atoms with Crippen LogP contribution in [0, 0.1) is 0 Å². The molecule has 0 saturated heterocycles. The van der Waals surface area contributed by atoms with Crippen molar-refractivity contribution in [3.8, 4) is 0 Å². The molecule has 108 valence electrons. The van der Waals surface area contributed by atoms with Gasteiger partial charge in [0.1, 0.15) is 12.1 Å². The maximum Gasteiger partial charge on any atom is 0.328 e. The molecule has 2 N–H and O–H groups in total. The number of hydrogen-bond acceptors (Lipinski definition) is 3. The van der Waals surface area contributed by atoms with Crippen LogP contribution in [0.5, 0.6) is 0 Å². The van der Waals surface area contributed by atoms with Crippen molar-refractivity contribution in [1.82, 2.24) is 10.6 Å². The van der Waals surface area contributed by atoms with Crippen molar-refractivity contribution in [1.29, 1.82) is 0 Å². The van der Waals surface area contributed by atoms with E-state index in [1.54, 1.807) is 0 Å². The van der Waals surface area contributed by atoms with Crippen LogP contribution in [0.15, 0.2) is 4.99 Å². The van der Waals surface area contributed by atoms with Gasteiger partial charge in [-0.3, -0.25) is 4.79 Å². The predicted molar refractivity (Wildman–Crippen MR) is 85.5 cm³/mol. The van der Waals surface area contributed by atoms with E-state index in [0.717, 1.165) is 19.5 Å². The summed E-state index contributed by atoms with van der Waals surface area (Å²) < 4.78 is 5.17. The topological polar surface area (TPSA) is 62.7 Å². The lowest BCUT2D eigenvalue weighted by Crippen LogP contribution is -2.38. The minimum atomic E-state index is -0.457. The van der Waals surface area contributed by atoms with Gasteiger partial charge in [-0.2, -0.15) is 0 Å². The van der Waals surface area contributed by atoms with Gasteiger partial charge in [-0.05, 0) is 34.1 Å². The van der Waals surface area contributed by atoms with Gasteiger partial charge in [0.2, 0.25) is 0 Å². The molecule has 0 aromatic rings. The molecule has 18 heavy (non-hydrogen) atoms. The smallest absolute Gasteiger partial charge is 0.328 e. The van der Waals surface area contributed by atoms with Gasteiger partial charge in [0.25, 0.3) is 0 Å². The molecule has 6 heteroatoms. The summed E-state index contributed by atoms with van der Waals surface area (Å²) in [4.78, 5) is 15.6. The molecule has 0 radical (unpaired) electrons. The van der Waals surface area contributed by atoms with Gasteiger partial charge in [0.15, 0.2) is 5.96 Å². The Morgan fingerprint density at radius 3 is 2.28 bits per heavy atom. The normalized spacial score (nSPS) is 11.5. The Morgan fingerprint density at radius 2 is 1.83 bits per heavy atom. The van der Waals surface area contributed by atoms with E-state index in [1.807, 2.05) is 27.7 Å². The molecule has 0 aliphatic rings. The third-order valence-electron chi connectivity index (χ3n) is 1.67. The first-order valence-electron chi connectivity index (χ1n) is 6.13. The summed E-state index contributed by atoms with van der Waals surface area (Å²) in [7, 11) is 0. The van der Waals surface area contributed by atoms with Crippen molar-refractivity contribution in [2.24, 2.45) is 4.99 Å². The zero-order valence-electron chi connectivity index (χ0n) is 12.0. The number of nitrogens with zero attached hydrogens (tertiary/aromatic N) is 1. The summed E-state index contributed by atoms with van der Waals surface area (Å²) in [6.07, 6.45) is 1.01. The zero-order valence-corrected chi connectivity index (χ0v) is 14.3. The van der Waals surface area contributed by atoms with Crippen molar-refractivity contribution in [2.45, 2.75) is 46.6 Å². The highest BCUT2D eigenvalue weighted by atomic mass is 127. The minimum absolute atomic E-state index is 0. The van der Waals surface area contributed by atoms with Gasteiger partial charge in [0, 0.05) is 13.1 Å². The first-order chi connectivity index (χ1) is 7.89. The van der Waals surface area contributed by atoms with Crippen LogP contribution >= 0.6 is 24.0 Å². The van der Waals surface area contributed by atoms with E-state index in [9.17, 15) is 4.79 Å². The predicted octanol–water partition coefficient (Wildman–Crippen LogP) is 1.91. The highest BCUT2D eigenvalue weighted by Gasteiger charge is 2.15. The minimum Gasteiger partial charge on any atom is -0.459 e. The maximum atomic E-state index is 11.5. The van der Waals surface area contributed by atoms with Crippen LogP contribution in [0.4, 0.5) is 0 Å². The Bertz CT molecular complexity index is 263. The second-order valence-electron chi connectivity index (χ2n) is 4.71. The van der Waals surface area contributed by atoms with E-state index in [0.29, 0.717) is 5.96 Å². The molecule has 0 amide bonds.